The molecule has 122 valence electrons. The molecule has 0 atom stereocenters. The fourth-order valence-corrected chi connectivity index (χ4v) is 3.21. The van der Waals surface area contributed by atoms with E-state index in [1.165, 1.54) is 11.8 Å². The maximum atomic E-state index is 12.7. The summed E-state index contributed by atoms with van der Waals surface area (Å²) >= 11 is 13.5. The Morgan fingerprint density at radius 1 is 1.12 bits per heavy atom. The van der Waals surface area contributed by atoms with Gasteiger partial charge in [0.15, 0.2) is 5.17 Å². The van der Waals surface area contributed by atoms with Gasteiger partial charge in [-0.3, -0.25) is 9.69 Å². The van der Waals surface area contributed by atoms with Crippen LogP contribution in [-0.4, -0.2) is 22.2 Å². The molecule has 24 heavy (non-hydrogen) atoms. The molecule has 1 amide bonds. The zero-order valence-corrected chi connectivity index (χ0v) is 15.2. The molecule has 2 aromatic carbocycles. The predicted molar refractivity (Wildman–Crippen MR) is 102 cm³/mol. The summed E-state index contributed by atoms with van der Waals surface area (Å²) in [6.07, 6.45) is 3.63. The molecule has 0 radical (unpaired) electrons. The summed E-state index contributed by atoms with van der Waals surface area (Å²) in [5, 5.41) is 1.94. The molecule has 0 spiro atoms. The van der Waals surface area contributed by atoms with Gasteiger partial charge in [0, 0.05) is 10.0 Å². The molecule has 0 unspecified atom stereocenters. The van der Waals surface area contributed by atoms with E-state index in [0.29, 0.717) is 27.5 Å². The number of aliphatic imine (C=N–C) groups is 1. The monoisotopic (exact) mass is 376 g/mol. The molecule has 1 aliphatic heterocycles. The molecule has 3 rings (SSSR count). The first-order valence-corrected chi connectivity index (χ1v) is 9.22. The molecule has 0 saturated carbocycles. The highest BCUT2D eigenvalue weighted by Gasteiger charge is 2.29. The van der Waals surface area contributed by atoms with E-state index >= 15 is 0 Å². The van der Waals surface area contributed by atoms with Crippen molar-refractivity contribution in [3.05, 3.63) is 75.4 Å². The minimum Gasteiger partial charge on any atom is -0.281 e. The Morgan fingerprint density at radius 2 is 1.83 bits per heavy atom. The van der Waals surface area contributed by atoms with Crippen molar-refractivity contribution >= 4 is 52.1 Å². The third-order valence-corrected chi connectivity index (χ3v) is 4.82. The number of rotatable bonds is 3. The van der Waals surface area contributed by atoms with Crippen LogP contribution in [0.25, 0.3) is 6.08 Å². The lowest BCUT2D eigenvalue weighted by atomic mass is 10.2. The normalized spacial score (nSPS) is 16.0. The Labute approximate surface area is 155 Å². The predicted octanol–water partition coefficient (Wildman–Crippen LogP) is 5.10. The van der Waals surface area contributed by atoms with Crippen LogP contribution in [0.1, 0.15) is 11.1 Å². The van der Waals surface area contributed by atoms with Gasteiger partial charge < -0.3 is 0 Å². The Balaban J connectivity index is 1.88. The minimum atomic E-state index is -0.130. The van der Waals surface area contributed by atoms with E-state index in [1.54, 1.807) is 17.0 Å². The first-order valence-electron chi connectivity index (χ1n) is 7.23. The molecular formula is C18H14Cl2N2OS. The minimum absolute atomic E-state index is 0.130. The van der Waals surface area contributed by atoms with Gasteiger partial charge in [-0.25, -0.2) is 4.99 Å². The summed E-state index contributed by atoms with van der Waals surface area (Å²) < 4.78 is 0. The summed E-state index contributed by atoms with van der Waals surface area (Å²) in [5.74, 6) is -0.130. The highest BCUT2D eigenvalue weighted by Crippen LogP contribution is 2.26. The standard InChI is InChI=1S/C18H14Cl2N2OS/c1-24-18-21-16(10-13-4-2-3-5-15(13)20)17(23)22(18)11-12-6-8-14(19)9-7-12/h2-10H,11H2,1H3. The lowest BCUT2D eigenvalue weighted by molar-refractivity contribution is -0.122. The molecule has 0 fully saturated rings. The second-order valence-corrected chi connectivity index (χ2v) is 6.78. The van der Waals surface area contributed by atoms with Gasteiger partial charge in [-0.2, -0.15) is 0 Å². The molecule has 1 heterocycles. The van der Waals surface area contributed by atoms with Crippen molar-refractivity contribution in [2.24, 2.45) is 4.99 Å². The van der Waals surface area contributed by atoms with Crippen molar-refractivity contribution < 1.29 is 4.79 Å². The van der Waals surface area contributed by atoms with E-state index in [9.17, 15) is 4.79 Å². The molecule has 0 N–H and O–H groups in total. The smallest absolute Gasteiger partial charge is 0.278 e. The van der Waals surface area contributed by atoms with Crippen LogP contribution < -0.4 is 0 Å². The van der Waals surface area contributed by atoms with E-state index in [4.69, 9.17) is 23.2 Å². The fraction of sp³-hybridized carbons (Fsp3) is 0.111. The van der Waals surface area contributed by atoms with Crippen LogP contribution in [0.5, 0.6) is 0 Å². The van der Waals surface area contributed by atoms with Crippen molar-refractivity contribution in [1.82, 2.24) is 4.90 Å². The van der Waals surface area contributed by atoms with Crippen LogP contribution in [0.15, 0.2) is 59.2 Å². The molecule has 2 aromatic rings. The first kappa shape index (κ1) is 17.1. The lowest BCUT2D eigenvalue weighted by Gasteiger charge is -2.16. The Bertz CT molecular complexity index is 831. The fourth-order valence-electron chi connectivity index (χ4n) is 2.34. The average molecular weight is 377 g/mol. The average Bonchev–Trinajstić information content (AvgIpc) is 2.88. The van der Waals surface area contributed by atoms with E-state index in [0.717, 1.165) is 11.1 Å². The van der Waals surface area contributed by atoms with Gasteiger partial charge in [0.25, 0.3) is 5.91 Å². The summed E-state index contributed by atoms with van der Waals surface area (Å²) in [5.41, 5.74) is 2.16. The number of benzene rings is 2. The number of carbonyl (C=O) groups excluding carboxylic acids is 1. The van der Waals surface area contributed by atoms with Crippen molar-refractivity contribution in [3.63, 3.8) is 0 Å². The molecule has 0 saturated heterocycles. The van der Waals surface area contributed by atoms with Crippen LogP contribution in [0, 0.1) is 0 Å². The highest BCUT2D eigenvalue weighted by atomic mass is 35.5. The van der Waals surface area contributed by atoms with Crippen molar-refractivity contribution in [3.8, 4) is 0 Å². The van der Waals surface area contributed by atoms with Crippen molar-refractivity contribution in [2.75, 3.05) is 6.26 Å². The topological polar surface area (TPSA) is 32.7 Å². The van der Waals surface area contributed by atoms with Gasteiger partial charge in [0.2, 0.25) is 0 Å². The van der Waals surface area contributed by atoms with Gasteiger partial charge in [-0.1, -0.05) is 65.3 Å². The number of halogens is 2. The number of hydrogen-bond acceptors (Lipinski definition) is 3. The highest BCUT2D eigenvalue weighted by molar-refractivity contribution is 8.13. The summed E-state index contributed by atoms with van der Waals surface area (Å²) in [6.45, 7) is 0.454. The van der Waals surface area contributed by atoms with Crippen LogP contribution >= 0.6 is 35.0 Å². The van der Waals surface area contributed by atoms with Gasteiger partial charge in [-0.05, 0) is 41.7 Å². The summed E-state index contributed by atoms with van der Waals surface area (Å²) in [4.78, 5) is 18.8. The number of thioether (sulfide) groups is 1. The number of amidine groups is 1. The summed E-state index contributed by atoms with van der Waals surface area (Å²) in [7, 11) is 0. The van der Waals surface area contributed by atoms with Gasteiger partial charge >= 0.3 is 0 Å². The van der Waals surface area contributed by atoms with Gasteiger partial charge in [0.1, 0.15) is 5.70 Å². The third-order valence-electron chi connectivity index (χ3n) is 3.55. The molecular weight excluding hydrogens is 363 g/mol. The van der Waals surface area contributed by atoms with E-state index in [2.05, 4.69) is 4.99 Å². The maximum absolute atomic E-state index is 12.7. The molecule has 6 heteroatoms. The molecule has 0 aromatic heterocycles. The lowest BCUT2D eigenvalue weighted by Crippen LogP contribution is -2.29. The van der Waals surface area contributed by atoms with E-state index < -0.39 is 0 Å². The SMILES string of the molecule is CSC1=NC(=Cc2ccccc2Cl)C(=O)N1Cc1ccc(Cl)cc1. The number of nitrogens with zero attached hydrogens (tertiary/aromatic N) is 2. The molecule has 0 bridgehead atoms. The second-order valence-electron chi connectivity index (χ2n) is 5.17. The maximum Gasteiger partial charge on any atom is 0.278 e. The van der Waals surface area contributed by atoms with E-state index in [1.807, 2.05) is 48.7 Å². The van der Waals surface area contributed by atoms with Crippen molar-refractivity contribution in [2.45, 2.75) is 6.54 Å². The summed E-state index contributed by atoms with van der Waals surface area (Å²) in [6, 6.07) is 14.8. The number of carbonyl (C=O) groups is 1. The van der Waals surface area contributed by atoms with Crippen LogP contribution in [0.2, 0.25) is 10.0 Å². The largest absolute Gasteiger partial charge is 0.281 e. The van der Waals surface area contributed by atoms with Gasteiger partial charge in [0.05, 0.1) is 6.54 Å². The first-order chi connectivity index (χ1) is 11.6. The molecule has 3 nitrogen and oxygen atoms in total. The Hall–Kier alpha value is -1.75. The zero-order valence-electron chi connectivity index (χ0n) is 12.9. The van der Waals surface area contributed by atoms with Crippen LogP contribution in [0.3, 0.4) is 0 Å². The number of amides is 1. The number of hydrogen-bond donors (Lipinski definition) is 0. The quantitative estimate of drug-likeness (QED) is 0.698. The van der Waals surface area contributed by atoms with Crippen molar-refractivity contribution in [1.29, 1.82) is 0 Å². The Morgan fingerprint density at radius 3 is 2.50 bits per heavy atom. The molecule has 1 aliphatic rings. The molecule has 0 aliphatic carbocycles. The van der Waals surface area contributed by atoms with Gasteiger partial charge in [-0.15, -0.1) is 0 Å². The third kappa shape index (κ3) is 3.66. The second kappa shape index (κ2) is 7.43. The van der Waals surface area contributed by atoms with Crippen LogP contribution in [-0.2, 0) is 11.3 Å². The van der Waals surface area contributed by atoms with E-state index in [-0.39, 0.29) is 5.91 Å². The zero-order chi connectivity index (χ0) is 17.1. The Kier molecular flexibility index (Phi) is 5.29. The van der Waals surface area contributed by atoms with Crippen LogP contribution in [0.4, 0.5) is 0 Å².